The van der Waals surface area contributed by atoms with Gasteiger partial charge in [-0.2, -0.15) is 0 Å². The summed E-state index contributed by atoms with van der Waals surface area (Å²) in [6, 6.07) is 40.8. The molecule has 2 atom stereocenters. The molecule has 0 radical (unpaired) electrons. The first kappa shape index (κ1) is 29.1. The predicted octanol–water partition coefficient (Wildman–Crippen LogP) is 6.93. The predicted molar refractivity (Wildman–Crippen MR) is 193 cm³/mol. The van der Waals surface area contributed by atoms with Crippen molar-refractivity contribution >= 4 is 48.4 Å². The van der Waals surface area contributed by atoms with E-state index in [0.717, 1.165) is 26.4 Å². The summed E-state index contributed by atoms with van der Waals surface area (Å²) >= 11 is 0. The van der Waals surface area contributed by atoms with Gasteiger partial charge in [0, 0.05) is 48.5 Å². The third-order valence-corrected chi connectivity index (χ3v) is 14.1. The van der Waals surface area contributed by atoms with Gasteiger partial charge in [0.1, 0.15) is 0 Å². The molecule has 0 N–H and O–H groups in total. The van der Waals surface area contributed by atoms with Crippen LogP contribution in [0.3, 0.4) is 0 Å². The van der Waals surface area contributed by atoms with Gasteiger partial charge in [0.25, 0.3) is 0 Å². The lowest BCUT2D eigenvalue weighted by atomic mass is 10.3. The van der Waals surface area contributed by atoms with Crippen molar-refractivity contribution in [2.75, 3.05) is 48.6 Å². The Bertz CT molecular complexity index is 1460. The highest BCUT2D eigenvalue weighted by atomic mass is 31.1. The van der Waals surface area contributed by atoms with E-state index >= 15 is 0 Å². The average molecular weight is 617 g/mol. The summed E-state index contributed by atoms with van der Waals surface area (Å²) in [5, 5.41) is 5.98. The number of fused-ring (bicyclic) bond motifs is 8. The van der Waals surface area contributed by atoms with Crippen molar-refractivity contribution in [2.24, 2.45) is 0 Å². The molecule has 0 saturated heterocycles. The molecule has 0 fully saturated rings. The van der Waals surface area contributed by atoms with Crippen molar-refractivity contribution < 1.29 is 0 Å². The minimum Gasteiger partial charge on any atom is -0.358 e. The molecule has 4 aromatic carbocycles. The lowest BCUT2D eigenvalue weighted by molar-refractivity contribution is 0.396. The van der Waals surface area contributed by atoms with Gasteiger partial charge in [-0.25, -0.2) is 0 Å². The number of rotatable bonds is 2. The molecule has 6 heteroatoms. The Morgan fingerprint density at radius 2 is 0.818 bits per heavy atom. The summed E-state index contributed by atoms with van der Waals surface area (Å²) in [4.78, 5) is 9.95. The van der Waals surface area contributed by atoms with Gasteiger partial charge < -0.3 is 19.6 Å². The topological polar surface area (TPSA) is 13.0 Å². The van der Waals surface area contributed by atoms with Crippen LogP contribution in [-0.4, -0.2) is 48.6 Å². The van der Waals surface area contributed by atoms with E-state index in [4.69, 9.17) is 0 Å². The van der Waals surface area contributed by atoms with Crippen LogP contribution in [0.2, 0.25) is 0 Å². The van der Waals surface area contributed by atoms with Crippen LogP contribution >= 0.6 is 15.8 Å². The van der Waals surface area contributed by atoms with E-state index in [1.807, 2.05) is 0 Å². The summed E-state index contributed by atoms with van der Waals surface area (Å²) in [6.07, 6.45) is 16.5. The maximum absolute atomic E-state index is 2.50. The summed E-state index contributed by atoms with van der Waals surface area (Å²) in [5.74, 6) is 0. The Hall–Kier alpha value is -3.58. The van der Waals surface area contributed by atoms with Gasteiger partial charge in [-0.15, -0.1) is 0 Å². The molecule has 4 nitrogen and oxygen atoms in total. The summed E-state index contributed by atoms with van der Waals surface area (Å²) < 4.78 is 0. The number of anilines is 2. The van der Waals surface area contributed by atoms with Crippen LogP contribution in [0.5, 0.6) is 0 Å². The van der Waals surface area contributed by atoms with Gasteiger partial charge in [-0.05, 0) is 76.6 Å². The number of para-hydroxylation sites is 2. The van der Waals surface area contributed by atoms with Crippen LogP contribution in [-0.2, 0) is 0 Å². The summed E-state index contributed by atoms with van der Waals surface area (Å²) in [6.45, 7) is 4.04. The SMILES string of the molecule is C1=CN2CN1CCCCP(c1ccccc1)c1ccccc1N1C=CN(CCCCP(c3ccccc3)c3ccccc32)C1. The molecule has 3 heterocycles. The standard InChI is InChI=1S/C38H42N4P2/c1-3-15-33(16-4-1)43-29-13-11-23-39-26-28-42(32-39)36-20-8-10-22-38(36)44(34-17-5-2-6-18-34)30-14-12-24-40-25-27-41(31-40)35-19-7-9-21-37(35)43/h1-10,15-22,25-28H,11-14,23-24,29-32H2. The van der Waals surface area contributed by atoms with Crippen LogP contribution in [0.15, 0.2) is 134 Å². The zero-order valence-electron chi connectivity index (χ0n) is 25.5. The van der Waals surface area contributed by atoms with Crippen LogP contribution in [0.4, 0.5) is 11.4 Å². The molecule has 0 saturated carbocycles. The Morgan fingerprint density at radius 3 is 1.27 bits per heavy atom. The highest BCUT2D eigenvalue weighted by Gasteiger charge is 2.25. The van der Waals surface area contributed by atoms with Crippen molar-refractivity contribution in [3.8, 4) is 0 Å². The van der Waals surface area contributed by atoms with Gasteiger partial charge in [0.2, 0.25) is 0 Å². The van der Waals surface area contributed by atoms with Crippen molar-refractivity contribution in [3.63, 3.8) is 0 Å². The third-order valence-electron chi connectivity index (χ3n) is 8.84. The molecule has 0 spiro atoms. The van der Waals surface area contributed by atoms with E-state index in [2.05, 4.69) is 154 Å². The van der Waals surface area contributed by atoms with Crippen LogP contribution < -0.4 is 31.0 Å². The first-order chi connectivity index (χ1) is 21.8. The van der Waals surface area contributed by atoms with Crippen molar-refractivity contribution in [1.29, 1.82) is 0 Å². The first-order valence-corrected chi connectivity index (χ1v) is 19.1. The zero-order valence-corrected chi connectivity index (χ0v) is 27.2. The Balaban J connectivity index is 1.17. The molecular formula is C38H42N4P2. The van der Waals surface area contributed by atoms with Crippen LogP contribution in [0.25, 0.3) is 0 Å². The van der Waals surface area contributed by atoms with E-state index in [-0.39, 0.29) is 0 Å². The number of benzene rings is 4. The van der Waals surface area contributed by atoms with Gasteiger partial charge >= 0.3 is 0 Å². The quantitative estimate of drug-likeness (QED) is 0.227. The fraction of sp³-hybridized carbons (Fsp3) is 0.263. The normalized spacial score (nSPS) is 20.8. The Morgan fingerprint density at radius 1 is 0.409 bits per heavy atom. The zero-order chi connectivity index (χ0) is 29.6. The largest absolute Gasteiger partial charge is 0.358 e. The van der Waals surface area contributed by atoms with Crippen molar-refractivity contribution in [1.82, 2.24) is 9.80 Å². The monoisotopic (exact) mass is 616 g/mol. The maximum Gasteiger partial charge on any atom is 0.0942 e. The molecule has 0 amide bonds. The van der Waals surface area contributed by atoms with Crippen molar-refractivity contribution in [3.05, 3.63) is 134 Å². The van der Waals surface area contributed by atoms with Crippen LogP contribution in [0, 0.1) is 0 Å². The second-order valence-corrected chi connectivity index (χ2v) is 16.4. The number of hydrogen-bond acceptors (Lipinski definition) is 4. The molecule has 3 aliphatic heterocycles. The van der Waals surface area contributed by atoms with E-state index < -0.39 is 15.8 Å². The van der Waals surface area contributed by atoms with Gasteiger partial charge in [-0.3, -0.25) is 0 Å². The lowest BCUT2D eigenvalue weighted by Crippen LogP contribution is -2.30. The molecule has 4 aromatic rings. The van der Waals surface area contributed by atoms with E-state index in [0.29, 0.717) is 0 Å². The fourth-order valence-electron chi connectivity index (χ4n) is 6.57. The average Bonchev–Trinajstić information content (AvgIpc) is 3.76. The molecule has 224 valence electrons. The molecule has 0 aromatic heterocycles. The third kappa shape index (κ3) is 6.58. The summed E-state index contributed by atoms with van der Waals surface area (Å²) in [5.41, 5.74) is 2.75. The molecule has 2 unspecified atom stereocenters. The maximum atomic E-state index is 2.50. The van der Waals surface area contributed by atoms with E-state index in [1.54, 1.807) is 0 Å². The second kappa shape index (κ2) is 14.0. The minimum atomic E-state index is -0.443. The Kier molecular flexibility index (Phi) is 9.29. The van der Waals surface area contributed by atoms with Gasteiger partial charge in [-0.1, -0.05) is 97.1 Å². The van der Waals surface area contributed by atoms with Crippen LogP contribution in [0.1, 0.15) is 25.7 Å². The van der Waals surface area contributed by atoms with Crippen molar-refractivity contribution in [2.45, 2.75) is 25.7 Å². The fourth-order valence-corrected chi connectivity index (χ4v) is 11.8. The first-order valence-electron chi connectivity index (χ1n) is 16.0. The highest BCUT2D eigenvalue weighted by Crippen LogP contribution is 2.41. The Labute approximate surface area is 265 Å². The van der Waals surface area contributed by atoms with E-state index in [9.17, 15) is 0 Å². The smallest absolute Gasteiger partial charge is 0.0942 e. The highest BCUT2D eigenvalue weighted by molar-refractivity contribution is 7.73. The van der Waals surface area contributed by atoms with Gasteiger partial charge in [0.05, 0.1) is 24.7 Å². The minimum absolute atomic E-state index is 0.443. The number of nitrogens with zero attached hydrogens (tertiary/aromatic N) is 4. The summed E-state index contributed by atoms with van der Waals surface area (Å²) in [7, 11) is -0.886. The molecular weight excluding hydrogens is 574 g/mol. The molecule has 44 heavy (non-hydrogen) atoms. The molecule has 0 aliphatic carbocycles. The number of hydrogen-bond donors (Lipinski definition) is 0. The molecule has 4 bridgehead atoms. The van der Waals surface area contributed by atoms with E-state index in [1.165, 1.54) is 70.6 Å². The second-order valence-electron chi connectivity index (χ2n) is 11.8. The molecule has 3 aliphatic rings. The lowest BCUT2D eigenvalue weighted by Gasteiger charge is -2.29. The molecule has 7 rings (SSSR count). The van der Waals surface area contributed by atoms with Gasteiger partial charge in [0.15, 0.2) is 0 Å².